The van der Waals surface area contributed by atoms with Crippen LogP contribution in [0.5, 0.6) is 5.75 Å². The van der Waals surface area contributed by atoms with Crippen LogP contribution < -0.4 is 15.8 Å². The molecular formula is C21H20N4O2. The lowest BCUT2D eigenvalue weighted by Crippen LogP contribution is -2.26. The van der Waals surface area contributed by atoms with Crippen molar-refractivity contribution >= 4 is 28.1 Å². The van der Waals surface area contributed by atoms with Gasteiger partial charge in [-0.2, -0.15) is 0 Å². The lowest BCUT2D eigenvalue weighted by molar-refractivity contribution is 0.0259. The highest BCUT2D eigenvalue weighted by atomic mass is 16.5. The largest absolute Gasteiger partial charge is 0.488 e. The number of terminal acetylenes is 1. The number of nitrogens with one attached hydrogen (secondary N) is 1. The van der Waals surface area contributed by atoms with E-state index in [2.05, 4.69) is 21.2 Å². The molecule has 3 N–H and O–H groups in total. The molecule has 0 aliphatic carbocycles. The Hall–Kier alpha value is -3.30. The lowest BCUT2D eigenvalue weighted by atomic mass is 10.1. The van der Waals surface area contributed by atoms with Gasteiger partial charge in [0.25, 0.3) is 0 Å². The Balaban J connectivity index is 1.64. The van der Waals surface area contributed by atoms with Crippen molar-refractivity contribution in [2.75, 3.05) is 24.3 Å². The molecule has 6 nitrogen and oxygen atoms in total. The van der Waals surface area contributed by atoms with Crippen molar-refractivity contribution in [3.63, 3.8) is 0 Å². The summed E-state index contributed by atoms with van der Waals surface area (Å²) in [4.78, 5) is 8.73. The fourth-order valence-electron chi connectivity index (χ4n) is 3.10. The van der Waals surface area contributed by atoms with Crippen LogP contribution in [-0.4, -0.2) is 29.3 Å². The molecule has 1 aromatic heterocycles. The highest BCUT2D eigenvalue weighted by Crippen LogP contribution is 2.32. The predicted molar refractivity (Wildman–Crippen MR) is 106 cm³/mol. The summed E-state index contributed by atoms with van der Waals surface area (Å²) in [6, 6.07) is 11.3. The summed E-state index contributed by atoms with van der Waals surface area (Å²) in [6.45, 7) is 1.43. The number of nitrogens with zero attached hydrogens (tertiary/aromatic N) is 2. The Bertz CT molecular complexity index is 1010. The van der Waals surface area contributed by atoms with Gasteiger partial charge in [0.15, 0.2) is 0 Å². The third kappa shape index (κ3) is 3.78. The molecule has 0 radical (unpaired) electrons. The standard InChI is InChI=1S/C21H20N4O2/c1-2-14-4-3-5-15(10-14)25-21-17-11-18(22)20(12-19(17)23-13-24-21)27-16-6-8-26-9-7-16/h1,3-5,10-13,16H,6-9,22H2,(H,23,24,25). The fourth-order valence-corrected chi connectivity index (χ4v) is 3.10. The zero-order valence-corrected chi connectivity index (χ0v) is 14.8. The normalized spacial score (nSPS) is 14.6. The summed E-state index contributed by atoms with van der Waals surface area (Å²) >= 11 is 0. The Kier molecular flexibility index (Phi) is 4.77. The first-order chi connectivity index (χ1) is 13.2. The van der Waals surface area contributed by atoms with E-state index in [1.807, 2.05) is 36.4 Å². The highest BCUT2D eigenvalue weighted by Gasteiger charge is 2.17. The minimum atomic E-state index is 0.115. The zero-order chi connectivity index (χ0) is 18.6. The minimum absolute atomic E-state index is 0.115. The van der Waals surface area contributed by atoms with Crippen molar-refractivity contribution in [2.45, 2.75) is 18.9 Å². The van der Waals surface area contributed by atoms with E-state index < -0.39 is 0 Å². The summed E-state index contributed by atoms with van der Waals surface area (Å²) in [5, 5.41) is 4.11. The molecule has 6 heteroatoms. The number of hydrogen-bond donors (Lipinski definition) is 2. The lowest BCUT2D eigenvalue weighted by Gasteiger charge is -2.24. The first-order valence-electron chi connectivity index (χ1n) is 8.85. The van der Waals surface area contributed by atoms with E-state index in [1.54, 1.807) is 0 Å². The molecule has 1 aliphatic heterocycles. The van der Waals surface area contributed by atoms with Gasteiger partial charge in [0.2, 0.25) is 0 Å². The molecule has 0 bridgehead atoms. The van der Waals surface area contributed by atoms with Gasteiger partial charge in [0.1, 0.15) is 24.0 Å². The summed E-state index contributed by atoms with van der Waals surface area (Å²) < 4.78 is 11.4. The van der Waals surface area contributed by atoms with Crippen LogP contribution in [0, 0.1) is 12.3 Å². The van der Waals surface area contributed by atoms with Crippen LogP contribution in [0.4, 0.5) is 17.2 Å². The van der Waals surface area contributed by atoms with Crippen molar-refractivity contribution in [1.82, 2.24) is 9.97 Å². The maximum atomic E-state index is 6.25. The molecule has 1 fully saturated rings. The molecule has 0 atom stereocenters. The van der Waals surface area contributed by atoms with Gasteiger partial charge < -0.3 is 20.5 Å². The molecule has 1 aliphatic rings. The number of rotatable bonds is 4. The Labute approximate surface area is 157 Å². The fraction of sp³-hybridized carbons (Fsp3) is 0.238. The van der Waals surface area contributed by atoms with E-state index in [0.29, 0.717) is 30.5 Å². The molecule has 0 amide bonds. The number of nitrogen functional groups attached to an aromatic ring is 1. The van der Waals surface area contributed by atoms with Gasteiger partial charge in [-0.3, -0.25) is 0 Å². The molecule has 0 unspecified atom stereocenters. The molecule has 4 rings (SSSR count). The van der Waals surface area contributed by atoms with Crippen molar-refractivity contribution in [1.29, 1.82) is 0 Å². The van der Waals surface area contributed by atoms with Crippen LogP contribution >= 0.6 is 0 Å². The third-order valence-electron chi connectivity index (χ3n) is 4.52. The molecule has 0 spiro atoms. The number of benzene rings is 2. The van der Waals surface area contributed by atoms with E-state index in [-0.39, 0.29) is 6.10 Å². The van der Waals surface area contributed by atoms with Crippen LogP contribution in [0.3, 0.4) is 0 Å². The van der Waals surface area contributed by atoms with Gasteiger partial charge >= 0.3 is 0 Å². The Morgan fingerprint density at radius 3 is 2.85 bits per heavy atom. The van der Waals surface area contributed by atoms with Crippen LogP contribution in [0.2, 0.25) is 0 Å². The van der Waals surface area contributed by atoms with Gasteiger partial charge in [0, 0.05) is 35.5 Å². The van der Waals surface area contributed by atoms with Crippen LogP contribution in [0.25, 0.3) is 10.9 Å². The van der Waals surface area contributed by atoms with Crippen LogP contribution in [-0.2, 0) is 4.74 Å². The van der Waals surface area contributed by atoms with Crippen molar-refractivity contribution in [2.24, 2.45) is 0 Å². The van der Waals surface area contributed by atoms with Crippen LogP contribution in [0.1, 0.15) is 18.4 Å². The first-order valence-corrected chi connectivity index (χ1v) is 8.85. The van der Waals surface area contributed by atoms with E-state index in [9.17, 15) is 0 Å². The summed E-state index contributed by atoms with van der Waals surface area (Å²) in [5.41, 5.74) is 9.22. The average molecular weight is 360 g/mol. The molecule has 3 aromatic rings. The van der Waals surface area contributed by atoms with Gasteiger partial charge in [-0.1, -0.05) is 12.0 Å². The topological polar surface area (TPSA) is 82.3 Å². The van der Waals surface area contributed by atoms with E-state index >= 15 is 0 Å². The molecule has 2 heterocycles. The molecule has 2 aromatic carbocycles. The summed E-state index contributed by atoms with van der Waals surface area (Å²) in [7, 11) is 0. The molecule has 1 saturated heterocycles. The van der Waals surface area contributed by atoms with Crippen molar-refractivity contribution in [3.8, 4) is 18.1 Å². The Morgan fingerprint density at radius 2 is 2.04 bits per heavy atom. The third-order valence-corrected chi connectivity index (χ3v) is 4.52. The van der Waals surface area contributed by atoms with Crippen molar-refractivity contribution < 1.29 is 9.47 Å². The molecule has 27 heavy (non-hydrogen) atoms. The number of aromatic nitrogens is 2. The molecular weight excluding hydrogens is 340 g/mol. The van der Waals surface area contributed by atoms with Gasteiger partial charge in [-0.05, 0) is 24.3 Å². The number of nitrogens with two attached hydrogens (primary N) is 1. The average Bonchev–Trinajstić information content (AvgIpc) is 2.70. The maximum Gasteiger partial charge on any atom is 0.144 e. The monoisotopic (exact) mass is 360 g/mol. The maximum absolute atomic E-state index is 6.25. The SMILES string of the molecule is C#Cc1cccc(Nc2ncnc3cc(OC4CCOCC4)c(N)cc23)c1. The van der Waals surface area contributed by atoms with Gasteiger partial charge in [-0.15, -0.1) is 6.42 Å². The van der Waals surface area contributed by atoms with Crippen LogP contribution in [0.15, 0.2) is 42.7 Å². The first kappa shape index (κ1) is 17.1. The van der Waals surface area contributed by atoms with Crippen molar-refractivity contribution in [3.05, 3.63) is 48.3 Å². The molecule has 136 valence electrons. The second kappa shape index (κ2) is 7.52. The van der Waals surface area contributed by atoms with E-state index in [4.69, 9.17) is 21.6 Å². The Morgan fingerprint density at radius 1 is 1.19 bits per heavy atom. The number of ether oxygens (including phenoxy) is 2. The quantitative estimate of drug-likeness (QED) is 0.547. The number of anilines is 3. The second-order valence-corrected chi connectivity index (χ2v) is 6.41. The van der Waals surface area contributed by atoms with E-state index in [0.717, 1.165) is 35.0 Å². The highest BCUT2D eigenvalue weighted by molar-refractivity contribution is 5.94. The second-order valence-electron chi connectivity index (χ2n) is 6.41. The smallest absolute Gasteiger partial charge is 0.144 e. The minimum Gasteiger partial charge on any atom is -0.488 e. The van der Waals surface area contributed by atoms with Gasteiger partial charge in [0.05, 0.1) is 24.4 Å². The van der Waals surface area contributed by atoms with Gasteiger partial charge in [-0.25, -0.2) is 9.97 Å². The number of hydrogen-bond acceptors (Lipinski definition) is 6. The molecule has 0 saturated carbocycles. The summed E-state index contributed by atoms with van der Waals surface area (Å²) in [5.74, 6) is 3.94. The predicted octanol–water partition coefficient (Wildman–Crippen LogP) is 3.49. The number of fused-ring (bicyclic) bond motifs is 1. The zero-order valence-electron chi connectivity index (χ0n) is 14.8. The van der Waals surface area contributed by atoms with E-state index in [1.165, 1.54) is 6.33 Å². The summed E-state index contributed by atoms with van der Waals surface area (Å²) in [6.07, 6.45) is 8.83.